The molecule has 0 atom stereocenters. The van der Waals surface area contributed by atoms with Gasteiger partial charge in [-0.05, 0) is 36.8 Å². The molecule has 2 aromatic rings. The maximum Gasteiger partial charge on any atom is 0.255 e. The number of rotatable bonds is 2. The molecule has 0 spiro atoms. The van der Waals surface area contributed by atoms with Crippen LogP contribution in [0.3, 0.4) is 0 Å². The van der Waals surface area contributed by atoms with Crippen molar-refractivity contribution < 1.29 is 18.7 Å². The summed E-state index contributed by atoms with van der Waals surface area (Å²) in [5, 5.41) is 2.71. The molecule has 1 aliphatic rings. The SMILES string of the molecule is Cc1ccc(C(=O)Nc2ccc3c(c2)OCCO3)cc1F. The Kier molecular flexibility index (Phi) is 3.48. The van der Waals surface area contributed by atoms with Crippen LogP contribution < -0.4 is 14.8 Å². The van der Waals surface area contributed by atoms with E-state index >= 15 is 0 Å². The normalized spacial score (nSPS) is 12.9. The Morgan fingerprint density at radius 3 is 2.62 bits per heavy atom. The topological polar surface area (TPSA) is 47.6 Å². The fraction of sp³-hybridized carbons (Fsp3) is 0.188. The van der Waals surface area contributed by atoms with Crippen LogP contribution in [0, 0.1) is 12.7 Å². The second-order valence-corrected chi connectivity index (χ2v) is 4.78. The lowest BCUT2D eigenvalue weighted by atomic mass is 10.1. The zero-order chi connectivity index (χ0) is 14.8. The van der Waals surface area contributed by atoms with Crippen LogP contribution in [-0.2, 0) is 0 Å². The Bertz CT molecular complexity index is 700. The van der Waals surface area contributed by atoms with Crippen molar-refractivity contribution in [1.29, 1.82) is 0 Å². The van der Waals surface area contributed by atoms with Gasteiger partial charge >= 0.3 is 0 Å². The van der Waals surface area contributed by atoms with Crippen molar-refractivity contribution in [2.75, 3.05) is 18.5 Å². The second kappa shape index (κ2) is 5.44. The molecule has 0 saturated heterocycles. The lowest BCUT2D eigenvalue weighted by Gasteiger charge is -2.19. The Morgan fingerprint density at radius 1 is 1.10 bits per heavy atom. The highest BCUT2D eigenvalue weighted by atomic mass is 19.1. The average molecular weight is 287 g/mol. The summed E-state index contributed by atoms with van der Waals surface area (Å²) in [5.41, 5.74) is 1.35. The summed E-state index contributed by atoms with van der Waals surface area (Å²) in [6.45, 7) is 2.65. The highest BCUT2D eigenvalue weighted by Crippen LogP contribution is 2.32. The minimum atomic E-state index is -0.398. The number of hydrogen-bond donors (Lipinski definition) is 1. The molecule has 0 fully saturated rings. The monoisotopic (exact) mass is 287 g/mol. The molecule has 0 unspecified atom stereocenters. The number of carbonyl (C=O) groups excluding carboxylic acids is 1. The largest absolute Gasteiger partial charge is 0.486 e. The molecule has 108 valence electrons. The van der Waals surface area contributed by atoms with Crippen LogP contribution in [0.15, 0.2) is 36.4 Å². The summed E-state index contributed by atoms with van der Waals surface area (Å²) in [7, 11) is 0. The van der Waals surface area contributed by atoms with Crippen LogP contribution in [0.25, 0.3) is 0 Å². The fourth-order valence-corrected chi connectivity index (χ4v) is 2.06. The minimum Gasteiger partial charge on any atom is -0.486 e. The van der Waals surface area contributed by atoms with Gasteiger partial charge in [-0.3, -0.25) is 4.79 Å². The molecule has 1 N–H and O–H groups in total. The van der Waals surface area contributed by atoms with Crippen molar-refractivity contribution in [3.8, 4) is 11.5 Å². The number of nitrogens with one attached hydrogen (secondary N) is 1. The number of aryl methyl sites for hydroxylation is 1. The standard InChI is InChI=1S/C16H14FNO3/c1-10-2-3-11(8-13(10)17)16(19)18-12-4-5-14-15(9-12)21-7-6-20-14/h2-5,8-9H,6-7H2,1H3,(H,18,19). The lowest BCUT2D eigenvalue weighted by molar-refractivity contribution is 0.102. The fourth-order valence-electron chi connectivity index (χ4n) is 2.06. The van der Waals surface area contributed by atoms with Gasteiger partial charge in [0.1, 0.15) is 19.0 Å². The van der Waals surface area contributed by atoms with Gasteiger partial charge in [-0.1, -0.05) is 6.07 Å². The van der Waals surface area contributed by atoms with E-state index in [4.69, 9.17) is 9.47 Å². The van der Waals surface area contributed by atoms with Gasteiger partial charge < -0.3 is 14.8 Å². The van der Waals surface area contributed by atoms with E-state index in [2.05, 4.69) is 5.32 Å². The van der Waals surface area contributed by atoms with E-state index in [9.17, 15) is 9.18 Å². The van der Waals surface area contributed by atoms with Crippen LogP contribution >= 0.6 is 0 Å². The quantitative estimate of drug-likeness (QED) is 0.923. The van der Waals surface area contributed by atoms with E-state index in [1.807, 2.05) is 0 Å². The van der Waals surface area contributed by atoms with E-state index in [-0.39, 0.29) is 11.5 Å². The number of fused-ring (bicyclic) bond motifs is 1. The molecule has 0 radical (unpaired) electrons. The van der Waals surface area contributed by atoms with Gasteiger partial charge in [0.15, 0.2) is 11.5 Å². The third-order valence-electron chi connectivity index (χ3n) is 3.23. The summed E-state index contributed by atoms with van der Waals surface area (Å²) in [6, 6.07) is 9.54. The van der Waals surface area contributed by atoms with Gasteiger partial charge in [-0.2, -0.15) is 0 Å². The van der Waals surface area contributed by atoms with E-state index in [1.165, 1.54) is 6.07 Å². The number of anilines is 1. The first kappa shape index (κ1) is 13.4. The first-order valence-electron chi connectivity index (χ1n) is 6.60. The van der Waals surface area contributed by atoms with E-state index < -0.39 is 5.82 Å². The maximum atomic E-state index is 13.5. The minimum absolute atomic E-state index is 0.271. The molecule has 1 heterocycles. The first-order valence-corrected chi connectivity index (χ1v) is 6.60. The van der Waals surface area contributed by atoms with Crippen molar-refractivity contribution in [1.82, 2.24) is 0 Å². The highest BCUT2D eigenvalue weighted by Gasteiger charge is 2.14. The number of ether oxygens (including phenoxy) is 2. The molecular formula is C16H14FNO3. The molecule has 5 heteroatoms. The van der Waals surface area contributed by atoms with Crippen LogP contribution in [0.5, 0.6) is 11.5 Å². The van der Waals surface area contributed by atoms with E-state index in [1.54, 1.807) is 37.3 Å². The van der Waals surface area contributed by atoms with Gasteiger partial charge in [-0.25, -0.2) is 4.39 Å². The van der Waals surface area contributed by atoms with Crippen molar-refractivity contribution in [2.45, 2.75) is 6.92 Å². The zero-order valence-corrected chi connectivity index (χ0v) is 11.5. The van der Waals surface area contributed by atoms with Crippen LogP contribution in [-0.4, -0.2) is 19.1 Å². The lowest BCUT2D eigenvalue weighted by Crippen LogP contribution is -2.16. The summed E-state index contributed by atoms with van der Waals surface area (Å²) in [5.74, 6) is 0.477. The Hall–Kier alpha value is -2.56. The molecule has 2 aromatic carbocycles. The molecule has 0 bridgehead atoms. The van der Waals surface area contributed by atoms with E-state index in [0.29, 0.717) is 36.0 Å². The molecule has 1 amide bonds. The van der Waals surface area contributed by atoms with Crippen molar-refractivity contribution in [2.24, 2.45) is 0 Å². The van der Waals surface area contributed by atoms with Gasteiger partial charge in [0, 0.05) is 17.3 Å². The third-order valence-corrected chi connectivity index (χ3v) is 3.23. The Morgan fingerprint density at radius 2 is 1.86 bits per heavy atom. The number of halogens is 1. The van der Waals surface area contributed by atoms with Crippen LogP contribution in [0.4, 0.5) is 10.1 Å². The first-order chi connectivity index (χ1) is 10.1. The van der Waals surface area contributed by atoms with Crippen molar-refractivity contribution in [3.63, 3.8) is 0 Å². The molecule has 21 heavy (non-hydrogen) atoms. The summed E-state index contributed by atoms with van der Waals surface area (Å²) in [4.78, 5) is 12.1. The van der Waals surface area contributed by atoms with Gasteiger partial charge in [-0.15, -0.1) is 0 Å². The molecule has 0 aromatic heterocycles. The highest BCUT2D eigenvalue weighted by molar-refractivity contribution is 6.04. The number of amides is 1. The van der Waals surface area contributed by atoms with Crippen LogP contribution in [0.2, 0.25) is 0 Å². The smallest absolute Gasteiger partial charge is 0.255 e. The van der Waals surface area contributed by atoms with Gasteiger partial charge in [0.25, 0.3) is 5.91 Å². The predicted octanol–water partition coefficient (Wildman–Crippen LogP) is 3.16. The van der Waals surface area contributed by atoms with E-state index in [0.717, 1.165) is 0 Å². The number of carbonyl (C=O) groups is 1. The summed E-state index contributed by atoms with van der Waals surface area (Å²) in [6.07, 6.45) is 0. The van der Waals surface area contributed by atoms with Crippen LogP contribution in [0.1, 0.15) is 15.9 Å². The maximum absolute atomic E-state index is 13.5. The number of benzene rings is 2. The summed E-state index contributed by atoms with van der Waals surface area (Å²) < 4.78 is 24.3. The Balaban J connectivity index is 1.79. The third kappa shape index (κ3) is 2.81. The predicted molar refractivity (Wildman–Crippen MR) is 76.5 cm³/mol. The molecule has 1 aliphatic heterocycles. The molecule has 0 aliphatic carbocycles. The zero-order valence-electron chi connectivity index (χ0n) is 11.5. The molecule has 4 nitrogen and oxygen atoms in total. The van der Waals surface area contributed by atoms with Crippen molar-refractivity contribution in [3.05, 3.63) is 53.3 Å². The Labute approximate surface area is 121 Å². The molecule has 0 saturated carbocycles. The number of hydrogen-bond acceptors (Lipinski definition) is 3. The summed E-state index contributed by atoms with van der Waals surface area (Å²) >= 11 is 0. The molecular weight excluding hydrogens is 273 g/mol. The van der Waals surface area contributed by atoms with Crippen molar-refractivity contribution >= 4 is 11.6 Å². The second-order valence-electron chi connectivity index (χ2n) is 4.78. The average Bonchev–Trinajstić information content (AvgIpc) is 2.50. The molecule has 3 rings (SSSR count). The van der Waals surface area contributed by atoms with Gasteiger partial charge in [0.2, 0.25) is 0 Å². The van der Waals surface area contributed by atoms with Gasteiger partial charge in [0.05, 0.1) is 0 Å².